The van der Waals surface area contributed by atoms with E-state index in [0.717, 1.165) is 12.1 Å². The number of hydrogen-bond donors (Lipinski definition) is 2. The van der Waals surface area contributed by atoms with Crippen molar-refractivity contribution in [1.82, 2.24) is 10.4 Å². The van der Waals surface area contributed by atoms with E-state index in [4.69, 9.17) is 5.84 Å². The molecule has 3 N–H and O–H groups in total. The molecule has 98 valence electrons. The van der Waals surface area contributed by atoms with E-state index in [-0.39, 0.29) is 0 Å². The Hall–Kier alpha value is -0.450. The monoisotopic (exact) mass is 255 g/mol. The number of hydrazine groups is 1. The summed E-state index contributed by atoms with van der Waals surface area (Å²) in [7, 11) is 0. The molecule has 17 heavy (non-hydrogen) atoms. The molecule has 0 aliphatic carbocycles. The van der Waals surface area contributed by atoms with Gasteiger partial charge < -0.3 is 0 Å². The molecule has 2 unspecified atom stereocenters. The molecule has 0 aromatic carbocycles. The normalized spacial score (nSPS) is 14.8. The van der Waals surface area contributed by atoms with Crippen molar-refractivity contribution in [3.8, 4) is 0 Å². The van der Waals surface area contributed by atoms with Gasteiger partial charge in [-0.25, -0.2) is 4.98 Å². The van der Waals surface area contributed by atoms with E-state index in [2.05, 4.69) is 29.6 Å². The van der Waals surface area contributed by atoms with Crippen LogP contribution in [0.3, 0.4) is 0 Å². The number of thiazole rings is 1. The third kappa shape index (κ3) is 4.74. The van der Waals surface area contributed by atoms with Crippen molar-refractivity contribution in [2.75, 3.05) is 0 Å². The number of rotatable bonds is 8. The van der Waals surface area contributed by atoms with Gasteiger partial charge in [0.25, 0.3) is 0 Å². The highest BCUT2D eigenvalue weighted by molar-refractivity contribution is 7.09. The van der Waals surface area contributed by atoms with Crippen molar-refractivity contribution >= 4 is 11.3 Å². The smallest absolute Gasteiger partial charge is 0.0944 e. The fraction of sp³-hybridized carbons (Fsp3) is 0.769. The molecule has 0 aliphatic heterocycles. The van der Waals surface area contributed by atoms with Crippen LogP contribution in [0.2, 0.25) is 0 Å². The maximum absolute atomic E-state index is 5.70. The van der Waals surface area contributed by atoms with E-state index in [9.17, 15) is 0 Å². The van der Waals surface area contributed by atoms with Crippen LogP contribution in [0.5, 0.6) is 0 Å². The molecular formula is C13H25N3S. The molecule has 1 heterocycles. The Labute approximate surface area is 109 Å². The van der Waals surface area contributed by atoms with Crippen LogP contribution in [-0.4, -0.2) is 11.0 Å². The van der Waals surface area contributed by atoms with Crippen LogP contribution in [0.25, 0.3) is 0 Å². The molecule has 0 fully saturated rings. The van der Waals surface area contributed by atoms with Gasteiger partial charge in [0.15, 0.2) is 0 Å². The second kappa shape index (κ2) is 7.80. The summed E-state index contributed by atoms with van der Waals surface area (Å²) in [5, 5.41) is 3.30. The highest BCUT2D eigenvalue weighted by Crippen LogP contribution is 2.21. The van der Waals surface area contributed by atoms with E-state index in [0.29, 0.717) is 12.0 Å². The van der Waals surface area contributed by atoms with Crippen LogP contribution in [0.15, 0.2) is 5.38 Å². The molecule has 1 rings (SSSR count). The van der Waals surface area contributed by atoms with E-state index < -0.39 is 0 Å². The lowest BCUT2D eigenvalue weighted by Crippen LogP contribution is -2.42. The number of nitrogens with zero attached hydrogens (tertiary/aromatic N) is 1. The van der Waals surface area contributed by atoms with Gasteiger partial charge in [0, 0.05) is 23.5 Å². The van der Waals surface area contributed by atoms with Crippen LogP contribution in [-0.2, 0) is 6.42 Å². The first-order valence-electron chi connectivity index (χ1n) is 6.58. The number of hydrogen-bond acceptors (Lipinski definition) is 4. The van der Waals surface area contributed by atoms with Crippen molar-refractivity contribution < 1.29 is 0 Å². The molecule has 1 aromatic rings. The van der Waals surface area contributed by atoms with Gasteiger partial charge in [-0.1, -0.05) is 33.1 Å². The lowest BCUT2D eigenvalue weighted by molar-refractivity contribution is 0.318. The summed E-state index contributed by atoms with van der Waals surface area (Å²) in [6.45, 7) is 6.53. The van der Waals surface area contributed by atoms with Crippen LogP contribution < -0.4 is 11.3 Å². The highest BCUT2D eigenvalue weighted by Gasteiger charge is 2.19. The van der Waals surface area contributed by atoms with Crippen LogP contribution in [0, 0.1) is 12.8 Å². The first kappa shape index (κ1) is 14.6. The lowest BCUT2D eigenvalue weighted by Gasteiger charge is -2.24. The minimum Gasteiger partial charge on any atom is -0.271 e. The molecule has 0 saturated heterocycles. The molecule has 0 aliphatic rings. The number of nitrogens with one attached hydrogen (secondary N) is 1. The molecule has 4 heteroatoms. The second-order valence-electron chi connectivity index (χ2n) is 4.67. The predicted octanol–water partition coefficient (Wildman–Crippen LogP) is 3.04. The third-order valence-electron chi connectivity index (χ3n) is 3.30. The number of unbranched alkanes of at least 4 members (excludes halogenated alkanes) is 1. The maximum atomic E-state index is 5.70. The Morgan fingerprint density at radius 1 is 1.47 bits per heavy atom. The van der Waals surface area contributed by atoms with Gasteiger partial charge in [0.2, 0.25) is 0 Å². The average molecular weight is 255 g/mol. The van der Waals surface area contributed by atoms with E-state index in [1.165, 1.54) is 30.7 Å². The minimum atomic E-state index is 0.358. The molecule has 0 spiro atoms. The minimum absolute atomic E-state index is 0.358. The first-order chi connectivity index (χ1) is 8.21. The summed E-state index contributed by atoms with van der Waals surface area (Å²) in [6, 6.07) is 0.358. The first-order valence-corrected chi connectivity index (χ1v) is 7.46. The standard InChI is InChI=1S/C13H25N3S/c1-4-6-7-11(5-2)12(16-14)8-13-15-10(3)9-17-13/h9,11-12,16H,4-8,14H2,1-3H3. The van der Waals surface area contributed by atoms with E-state index >= 15 is 0 Å². The summed E-state index contributed by atoms with van der Waals surface area (Å²) in [5.41, 5.74) is 4.10. The Balaban J connectivity index is 2.56. The topological polar surface area (TPSA) is 50.9 Å². The van der Waals surface area contributed by atoms with Crippen LogP contribution >= 0.6 is 11.3 Å². The summed E-state index contributed by atoms with van der Waals surface area (Å²) < 4.78 is 0. The van der Waals surface area contributed by atoms with Gasteiger partial charge in [-0.05, 0) is 19.3 Å². The molecule has 0 amide bonds. The predicted molar refractivity (Wildman–Crippen MR) is 75.0 cm³/mol. The Kier molecular flexibility index (Phi) is 6.70. The summed E-state index contributed by atoms with van der Waals surface area (Å²) >= 11 is 1.74. The maximum Gasteiger partial charge on any atom is 0.0944 e. The molecule has 3 nitrogen and oxygen atoms in total. The van der Waals surface area contributed by atoms with E-state index in [1.807, 2.05) is 6.92 Å². The van der Waals surface area contributed by atoms with Gasteiger partial charge in [-0.2, -0.15) is 0 Å². The van der Waals surface area contributed by atoms with Crippen molar-refractivity contribution in [3.05, 3.63) is 16.1 Å². The van der Waals surface area contributed by atoms with Gasteiger partial charge >= 0.3 is 0 Å². The van der Waals surface area contributed by atoms with Crippen LogP contribution in [0.1, 0.15) is 50.2 Å². The Bertz CT molecular complexity index is 311. The molecule has 0 saturated carbocycles. The zero-order valence-electron chi connectivity index (χ0n) is 11.2. The van der Waals surface area contributed by atoms with Gasteiger partial charge in [-0.3, -0.25) is 11.3 Å². The Morgan fingerprint density at radius 2 is 2.24 bits per heavy atom. The SMILES string of the molecule is CCCCC(CC)C(Cc1nc(C)cs1)NN. The van der Waals surface area contributed by atoms with Gasteiger partial charge in [0.1, 0.15) is 0 Å². The molecule has 1 aromatic heterocycles. The summed E-state index contributed by atoms with van der Waals surface area (Å²) in [5.74, 6) is 6.36. The highest BCUT2D eigenvalue weighted by atomic mass is 32.1. The molecule has 0 bridgehead atoms. The third-order valence-corrected chi connectivity index (χ3v) is 4.29. The zero-order chi connectivity index (χ0) is 12.7. The number of aryl methyl sites for hydroxylation is 1. The van der Waals surface area contributed by atoms with Gasteiger partial charge in [0.05, 0.1) is 5.01 Å². The van der Waals surface area contributed by atoms with E-state index in [1.54, 1.807) is 11.3 Å². The van der Waals surface area contributed by atoms with Crippen molar-refractivity contribution in [3.63, 3.8) is 0 Å². The lowest BCUT2D eigenvalue weighted by atomic mass is 9.90. The second-order valence-corrected chi connectivity index (χ2v) is 5.61. The largest absolute Gasteiger partial charge is 0.271 e. The average Bonchev–Trinajstić information content (AvgIpc) is 2.74. The van der Waals surface area contributed by atoms with Crippen LogP contribution in [0.4, 0.5) is 0 Å². The van der Waals surface area contributed by atoms with Crippen molar-refractivity contribution in [2.45, 2.75) is 58.9 Å². The summed E-state index contributed by atoms with van der Waals surface area (Å²) in [4.78, 5) is 4.52. The Morgan fingerprint density at radius 3 is 2.71 bits per heavy atom. The van der Waals surface area contributed by atoms with Gasteiger partial charge in [-0.15, -0.1) is 11.3 Å². The zero-order valence-corrected chi connectivity index (χ0v) is 12.0. The van der Waals surface area contributed by atoms with Crippen molar-refractivity contribution in [2.24, 2.45) is 11.8 Å². The fourth-order valence-electron chi connectivity index (χ4n) is 2.20. The molecule has 0 radical (unpaired) electrons. The number of nitrogens with two attached hydrogens (primary N) is 1. The number of aromatic nitrogens is 1. The van der Waals surface area contributed by atoms with Crippen molar-refractivity contribution in [1.29, 1.82) is 0 Å². The quantitative estimate of drug-likeness (QED) is 0.554. The fourth-order valence-corrected chi connectivity index (χ4v) is 3.03. The molecular weight excluding hydrogens is 230 g/mol. The summed E-state index contributed by atoms with van der Waals surface area (Å²) in [6.07, 6.45) is 5.93. The molecule has 2 atom stereocenters.